The second-order valence-corrected chi connectivity index (χ2v) is 6.14. The molecule has 4 heteroatoms. The Morgan fingerprint density at radius 1 is 1.22 bits per heavy atom. The van der Waals surface area contributed by atoms with Crippen LogP contribution in [0.2, 0.25) is 0 Å². The second-order valence-electron chi connectivity index (χ2n) is 6.14. The number of hydrogen-bond acceptors (Lipinski definition) is 3. The van der Waals surface area contributed by atoms with E-state index in [0.717, 1.165) is 43.7 Å². The van der Waals surface area contributed by atoms with Gasteiger partial charge in [0.2, 0.25) is 5.56 Å². The summed E-state index contributed by atoms with van der Waals surface area (Å²) in [6.45, 7) is 3.96. The van der Waals surface area contributed by atoms with Gasteiger partial charge >= 0.3 is 0 Å². The first-order valence-electron chi connectivity index (χ1n) is 8.41. The summed E-state index contributed by atoms with van der Waals surface area (Å²) < 4.78 is 6.24. The maximum atomic E-state index is 11.6. The zero-order chi connectivity index (χ0) is 16.1. The first kappa shape index (κ1) is 15.8. The molecule has 0 amide bonds. The van der Waals surface area contributed by atoms with Crippen LogP contribution in [0.5, 0.6) is 5.75 Å². The van der Waals surface area contributed by atoms with E-state index in [1.54, 1.807) is 12.3 Å². The van der Waals surface area contributed by atoms with Crippen molar-refractivity contribution in [1.29, 1.82) is 0 Å². The van der Waals surface area contributed by atoms with E-state index in [1.165, 1.54) is 5.56 Å². The van der Waals surface area contributed by atoms with E-state index in [0.29, 0.717) is 0 Å². The van der Waals surface area contributed by atoms with Gasteiger partial charge in [0.25, 0.3) is 0 Å². The van der Waals surface area contributed by atoms with Crippen molar-refractivity contribution in [3.63, 3.8) is 0 Å². The zero-order valence-corrected chi connectivity index (χ0v) is 13.5. The van der Waals surface area contributed by atoms with Crippen molar-refractivity contribution in [3.8, 4) is 5.75 Å². The number of ether oxygens (including phenoxy) is 1. The first-order valence-corrected chi connectivity index (χ1v) is 8.41. The molecule has 1 aromatic heterocycles. The fourth-order valence-corrected chi connectivity index (χ4v) is 3.20. The number of rotatable bonds is 5. The van der Waals surface area contributed by atoms with Gasteiger partial charge < -0.3 is 15.0 Å². The summed E-state index contributed by atoms with van der Waals surface area (Å²) in [4.78, 5) is 14.3. The van der Waals surface area contributed by atoms with Crippen LogP contribution in [0, 0.1) is 0 Å². The summed E-state index contributed by atoms with van der Waals surface area (Å²) >= 11 is 0. The number of aryl methyl sites for hydroxylation is 1. The molecule has 0 aliphatic carbocycles. The van der Waals surface area contributed by atoms with Crippen LogP contribution in [-0.4, -0.2) is 24.2 Å². The standard InChI is InChI=1S/C19H24N2O2/c1-2-3-14-4-6-16(7-5-14)23-18-9-10-20-13-17(18)15-8-11-21-19(22)12-15/h4-8,11-12,17-18,20H,2-3,9-10,13H2,1H3,(H,21,22). The van der Waals surface area contributed by atoms with Crippen molar-refractivity contribution in [2.45, 2.75) is 38.2 Å². The molecule has 3 rings (SSSR count). The van der Waals surface area contributed by atoms with Crippen molar-refractivity contribution in [2.75, 3.05) is 13.1 Å². The van der Waals surface area contributed by atoms with E-state index in [9.17, 15) is 4.79 Å². The van der Waals surface area contributed by atoms with Gasteiger partial charge in [-0.2, -0.15) is 0 Å². The molecule has 1 fully saturated rings. The van der Waals surface area contributed by atoms with E-state index in [-0.39, 0.29) is 17.6 Å². The summed E-state index contributed by atoms with van der Waals surface area (Å²) in [6.07, 6.45) is 4.99. The van der Waals surface area contributed by atoms with E-state index < -0.39 is 0 Å². The van der Waals surface area contributed by atoms with Gasteiger partial charge in [-0.3, -0.25) is 4.79 Å². The molecule has 2 atom stereocenters. The highest BCUT2D eigenvalue weighted by atomic mass is 16.5. The summed E-state index contributed by atoms with van der Waals surface area (Å²) in [5, 5.41) is 3.40. The van der Waals surface area contributed by atoms with Crippen molar-refractivity contribution < 1.29 is 4.74 Å². The molecule has 1 aliphatic rings. The van der Waals surface area contributed by atoms with Gasteiger partial charge in [-0.05, 0) is 48.7 Å². The molecular weight excluding hydrogens is 288 g/mol. The molecule has 0 saturated carbocycles. The van der Waals surface area contributed by atoms with Gasteiger partial charge in [0.15, 0.2) is 0 Å². The molecule has 122 valence electrons. The monoisotopic (exact) mass is 312 g/mol. The minimum atomic E-state index is -0.0595. The predicted octanol–water partition coefficient (Wildman–Crippen LogP) is 2.85. The fourth-order valence-electron chi connectivity index (χ4n) is 3.20. The zero-order valence-electron chi connectivity index (χ0n) is 13.5. The van der Waals surface area contributed by atoms with Crippen LogP contribution in [0.4, 0.5) is 0 Å². The largest absolute Gasteiger partial charge is 0.490 e. The number of pyridine rings is 1. The molecule has 2 aromatic rings. The Bertz CT molecular complexity index is 678. The smallest absolute Gasteiger partial charge is 0.248 e. The Balaban J connectivity index is 1.75. The van der Waals surface area contributed by atoms with E-state index in [4.69, 9.17) is 4.74 Å². The average molecular weight is 312 g/mol. The molecule has 2 N–H and O–H groups in total. The lowest BCUT2D eigenvalue weighted by Gasteiger charge is -2.32. The molecule has 1 aliphatic heterocycles. The number of benzene rings is 1. The quantitative estimate of drug-likeness (QED) is 0.892. The maximum Gasteiger partial charge on any atom is 0.248 e. The molecule has 0 bridgehead atoms. The van der Waals surface area contributed by atoms with Gasteiger partial charge in [-0.1, -0.05) is 25.5 Å². The van der Waals surface area contributed by atoms with E-state index in [2.05, 4.69) is 41.5 Å². The Morgan fingerprint density at radius 3 is 2.78 bits per heavy atom. The van der Waals surface area contributed by atoms with Gasteiger partial charge in [-0.15, -0.1) is 0 Å². The Kier molecular flexibility index (Phi) is 5.13. The Labute approximate surface area is 136 Å². The third-order valence-corrected chi connectivity index (χ3v) is 4.40. The molecule has 0 spiro atoms. The third-order valence-electron chi connectivity index (χ3n) is 4.40. The maximum absolute atomic E-state index is 11.6. The Hall–Kier alpha value is -2.07. The summed E-state index contributed by atoms with van der Waals surface area (Å²) in [6, 6.07) is 12.0. The lowest BCUT2D eigenvalue weighted by atomic mass is 9.89. The highest BCUT2D eigenvalue weighted by Gasteiger charge is 2.28. The van der Waals surface area contributed by atoms with Crippen molar-refractivity contribution >= 4 is 0 Å². The van der Waals surface area contributed by atoms with Gasteiger partial charge in [-0.25, -0.2) is 0 Å². The SMILES string of the molecule is CCCc1ccc(OC2CCNCC2c2cc[nH]c(=O)c2)cc1. The molecule has 0 radical (unpaired) electrons. The van der Waals surface area contributed by atoms with Gasteiger partial charge in [0, 0.05) is 24.7 Å². The van der Waals surface area contributed by atoms with Gasteiger partial charge in [0.05, 0.1) is 0 Å². The van der Waals surface area contributed by atoms with Crippen LogP contribution in [0.1, 0.15) is 36.8 Å². The molecular formula is C19H24N2O2. The van der Waals surface area contributed by atoms with Crippen molar-refractivity contribution in [3.05, 3.63) is 64.1 Å². The fraction of sp³-hybridized carbons (Fsp3) is 0.421. The highest BCUT2D eigenvalue weighted by molar-refractivity contribution is 5.28. The lowest BCUT2D eigenvalue weighted by molar-refractivity contribution is 0.138. The molecule has 4 nitrogen and oxygen atoms in total. The second kappa shape index (κ2) is 7.47. The number of hydrogen-bond donors (Lipinski definition) is 2. The summed E-state index contributed by atoms with van der Waals surface area (Å²) in [5.41, 5.74) is 2.32. The van der Waals surface area contributed by atoms with E-state index in [1.807, 2.05) is 6.07 Å². The average Bonchev–Trinajstić information content (AvgIpc) is 2.57. The third kappa shape index (κ3) is 4.02. The van der Waals surface area contributed by atoms with E-state index >= 15 is 0 Å². The topological polar surface area (TPSA) is 54.1 Å². The van der Waals surface area contributed by atoms with Gasteiger partial charge in [0.1, 0.15) is 11.9 Å². The summed E-state index contributed by atoms with van der Waals surface area (Å²) in [7, 11) is 0. The Morgan fingerprint density at radius 2 is 2.04 bits per heavy atom. The molecule has 2 unspecified atom stereocenters. The molecule has 1 saturated heterocycles. The lowest BCUT2D eigenvalue weighted by Crippen LogP contribution is -2.41. The van der Waals surface area contributed by atoms with Crippen LogP contribution in [0.15, 0.2) is 47.4 Å². The van der Waals surface area contributed by atoms with Crippen LogP contribution < -0.4 is 15.6 Å². The van der Waals surface area contributed by atoms with Crippen molar-refractivity contribution in [2.24, 2.45) is 0 Å². The van der Waals surface area contributed by atoms with Crippen LogP contribution >= 0.6 is 0 Å². The van der Waals surface area contributed by atoms with Crippen LogP contribution in [0.25, 0.3) is 0 Å². The van der Waals surface area contributed by atoms with Crippen LogP contribution in [-0.2, 0) is 6.42 Å². The number of aromatic amines is 1. The number of aromatic nitrogens is 1. The highest BCUT2D eigenvalue weighted by Crippen LogP contribution is 2.27. The summed E-state index contributed by atoms with van der Waals surface area (Å²) in [5.74, 6) is 1.10. The number of piperidine rings is 1. The molecule has 23 heavy (non-hydrogen) atoms. The number of H-pyrrole nitrogens is 1. The number of nitrogens with one attached hydrogen (secondary N) is 2. The predicted molar refractivity (Wildman–Crippen MR) is 92.1 cm³/mol. The minimum Gasteiger partial charge on any atom is -0.490 e. The molecule has 2 heterocycles. The normalized spacial score (nSPS) is 21.1. The minimum absolute atomic E-state index is 0.0595. The van der Waals surface area contributed by atoms with Crippen molar-refractivity contribution in [1.82, 2.24) is 10.3 Å². The first-order chi connectivity index (χ1) is 11.3. The van der Waals surface area contributed by atoms with Crippen LogP contribution in [0.3, 0.4) is 0 Å². The molecule has 1 aromatic carbocycles.